The van der Waals surface area contributed by atoms with Crippen molar-refractivity contribution in [3.05, 3.63) is 34.9 Å². The Balaban J connectivity index is 1.67. The lowest BCUT2D eigenvalue weighted by Gasteiger charge is -2.27. The molecule has 1 aliphatic carbocycles. The van der Waals surface area contributed by atoms with E-state index in [2.05, 4.69) is 14.8 Å². The van der Waals surface area contributed by atoms with E-state index in [1.807, 2.05) is 24.3 Å². The number of H-pyrrole nitrogens is 1. The zero-order valence-electron chi connectivity index (χ0n) is 11.6. The van der Waals surface area contributed by atoms with Crippen molar-refractivity contribution >= 4 is 12.2 Å². The molecule has 0 bridgehead atoms. The summed E-state index contributed by atoms with van der Waals surface area (Å²) in [5.74, 6) is 2.40. The van der Waals surface area contributed by atoms with Crippen molar-refractivity contribution in [1.29, 1.82) is 0 Å². The molecule has 0 amide bonds. The number of ether oxygens (including phenoxy) is 2. The molecule has 1 aromatic heterocycles. The number of para-hydroxylation sites is 2. The van der Waals surface area contributed by atoms with Crippen molar-refractivity contribution in [3.63, 3.8) is 0 Å². The average molecular weight is 303 g/mol. The molecule has 0 radical (unpaired) electrons. The van der Waals surface area contributed by atoms with Gasteiger partial charge in [0.15, 0.2) is 28.2 Å². The molecule has 1 fully saturated rings. The molecule has 21 heavy (non-hydrogen) atoms. The SMILES string of the molecule is S=c1[nH]nc([C@@H]2COc3ccccc3O2)n1C1CCCC1. The number of hydrogen-bond donors (Lipinski definition) is 1. The standard InChI is InChI=1S/C15H17N3O2S/c21-15-17-16-14(18(15)10-5-1-2-6-10)13-9-19-11-7-3-4-8-12(11)20-13/h3-4,7-8,10,13H,1-2,5-6,9H2,(H,17,21)/t13-/m0/s1. The lowest BCUT2D eigenvalue weighted by atomic mass is 10.2. The molecule has 110 valence electrons. The highest BCUT2D eigenvalue weighted by atomic mass is 32.1. The van der Waals surface area contributed by atoms with Crippen molar-refractivity contribution in [1.82, 2.24) is 14.8 Å². The van der Waals surface area contributed by atoms with Crippen LogP contribution in [0.4, 0.5) is 0 Å². The van der Waals surface area contributed by atoms with Crippen LogP contribution in [0.5, 0.6) is 11.5 Å². The topological polar surface area (TPSA) is 52.1 Å². The molecule has 1 aliphatic heterocycles. The van der Waals surface area contributed by atoms with Gasteiger partial charge in [-0.3, -0.25) is 9.67 Å². The summed E-state index contributed by atoms with van der Waals surface area (Å²) >= 11 is 5.41. The molecule has 0 spiro atoms. The number of benzene rings is 1. The van der Waals surface area contributed by atoms with Crippen LogP contribution in [0.2, 0.25) is 0 Å². The summed E-state index contributed by atoms with van der Waals surface area (Å²) < 4.78 is 14.7. The van der Waals surface area contributed by atoms with Crippen molar-refractivity contribution < 1.29 is 9.47 Å². The summed E-state index contributed by atoms with van der Waals surface area (Å²) in [7, 11) is 0. The monoisotopic (exact) mass is 303 g/mol. The van der Waals surface area contributed by atoms with Gasteiger partial charge < -0.3 is 9.47 Å². The van der Waals surface area contributed by atoms with E-state index in [4.69, 9.17) is 21.7 Å². The molecular formula is C15H17N3O2S. The van der Waals surface area contributed by atoms with Crippen molar-refractivity contribution in [2.24, 2.45) is 0 Å². The van der Waals surface area contributed by atoms with E-state index in [1.54, 1.807) is 0 Å². The van der Waals surface area contributed by atoms with Crippen molar-refractivity contribution in [2.45, 2.75) is 37.8 Å². The molecule has 1 saturated carbocycles. The zero-order chi connectivity index (χ0) is 14.2. The lowest BCUT2D eigenvalue weighted by Crippen LogP contribution is -2.25. The fraction of sp³-hybridized carbons (Fsp3) is 0.467. The summed E-state index contributed by atoms with van der Waals surface area (Å²) in [5, 5.41) is 7.31. The number of nitrogens with one attached hydrogen (secondary N) is 1. The minimum Gasteiger partial charge on any atom is -0.485 e. The highest BCUT2D eigenvalue weighted by Gasteiger charge is 2.30. The molecule has 1 atom stereocenters. The molecule has 1 aromatic carbocycles. The Kier molecular flexibility index (Phi) is 3.18. The average Bonchev–Trinajstić information content (AvgIpc) is 3.15. The van der Waals surface area contributed by atoms with E-state index in [1.165, 1.54) is 12.8 Å². The van der Waals surface area contributed by atoms with Gasteiger partial charge in [0.25, 0.3) is 0 Å². The van der Waals surface area contributed by atoms with E-state index in [0.717, 1.165) is 30.2 Å². The summed E-state index contributed by atoms with van der Waals surface area (Å²) in [4.78, 5) is 0. The number of rotatable bonds is 2. The molecule has 2 aliphatic rings. The highest BCUT2D eigenvalue weighted by Crippen LogP contribution is 2.37. The predicted molar refractivity (Wildman–Crippen MR) is 80.2 cm³/mol. The second-order valence-electron chi connectivity index (χ2n) is 5.56. The molecule has 6 heteroatoms. The first kappa shape index (κ1) is 12.9. The summed E-state index contributed by atoms with van der Waals surface area (Å²) in [5.41, 5.74) is 0. The second-order valence-corrected chi connectivity index (χ2v) is 5.95. The molecule has 0 unspecified atom stereocenters. The third kappa shape index (κ3) is 2.23. The number of hydrogen-bond acceptors (Lipinski definition) is 4. The zero-order valence-corrected chi connectivity index (χ0v) is 12.4. The first-order valence-electron chi connectivity index (χ1n) is 7.38. The van der Waals surface area contributed by atoms with Crippen LogP contribution in [-0.2, 0) is 0 Å². The van der Waals surface area contributed by atoms with Crippen LogP contribution >= 0.6 is 12.2 Å². The van der Waals surface area contributed by atoms with Gasteiger partial charge in [-0.05, 0) is 37.2 Å². The van der Waals surface area contributed by atoms with Crippen LogP contribution in [0, 0.1) is 4.77 Å². The van der Waals surface area contributed by atoms with Crippen molar-refractivity contribution in [3.8, 4) is 11.5 Å². The van der Waals surface area contributed by atoms with E-state index in [0.29, 0.717) is 17.4 Å². The molecular weight excluding hydrogens is 286 g/mol. The van der Waals surface area contributed by atoms with Crippen LogP contribution in [0.1, 0.15) is 43.7 Å². The highest BCUT2D eigenvalue weighted by molar-refractivity contribution is 7.71. The lowest BCUT2D eigenvalue weighted by molar-refractivity contribution is 0.0808. The first-order valence-corrected chi connectivity index (χ1v) is 7.79. The quantitative estimate of drug-likeness (QED) is 0.862. The normalized spacial score (nSPS) is 21.6. The Morgan fingerprint density at radius 3 is 2.76 bits per heavy atom. The Labute approximate surface area is 127 Å². The van der Waals surface area contributed by atoms with Crippen LogP contribution < -0.4 is 9.47 Å². The third-order valence-corrected chi connectivity index (χ3v) is 4.51. The van der Waals surface area contributed by atoms with Gasteiger partial charge >= 0.3 is 0 Å². The number of fused-ring (bicyclic) bond motifs is 1. The maximum absolute atomic E-state index is 6.06. The van der Waals surface area contributed by atoms with E-state index >= 15 is 0 Å². The summed E-state index contributed by atoms with van der Waals surface area (Å²) in [6.45, 7) is 0.462. The predicted octanol–water partition coefficient (Wildman–Crippen LogP) is 3.57. The van der Waals surface area contributed by atoms with Gasteiger partial charge in [-0.15, -0.1) is 0 Å². The fourth-order valence-electron chi connectivity index (χ4n) is 3.21. The first-order chi connectivity index (χ1) is 10.3. The van der Waals surface area contributed by atoms with Crippen LogP contribution in [0.25, 0.3) is 0 Å². The second kappa shape index (κ2) is 5.18. The molecule has 1 N–H and O–H groups in total. The van der Waals surface area contributed by atoms with Gasteiger partial charge in [-0.1, -0.05) is 25.0 Å². The van der Waals surface area contributed by atoms with E-state index < -0.39 is 0 Å². The van der Waals surface area contributed by atoms with Gasteiger partial charge in [-0.25, -0.2) is 0 Å². The summed E-state index contributed by atoms with van der Waals surface area (Å²) in [6.07, 6.45) is 4.60. The van der Waals surface area contributed by atoms with Crippen molar-refractivity contribution in [2.75, 3.05) is 6.61 Å². The maximum Gasteiger partial charge on any atom is 0.195 e. The molecule has 2 aromatic rings. The van der Waals surface area contributed by atoms with Gasteiger partial charge in [0, 0.05) is 6.04 Å². The molecule has 5 nitrogen and oxygen atoms in total. The van der Waals surface area contributed by atoms with Gasteiger partial charge in [-0.2, -0.15) is 5.10 Å². The van der Waals surface area contributed by atoms with E-state index in [-0.39, 0.29) is 6.10 Å². The number of aromatic amines is 1. The number of aromatic nitrogens is 3. The van der Waals surface area contributed by atoms with Gasteiger partial charge in [0.05, 0.1) is 0 Å². The molecule has 0 saturated heterocycles. The molecule has 2 heterocycles. The van der Waals surface area contributed by atoms with Crippen LogP contribution in [0.15, 0.2) is 24.3 Å². The number of nitrogens with zero attached hydrogens (tertiary/aromatic N) is 2. The maximum atomic E-state index is 6.06. The third-order valence-electron chi connectivity index (χ3n) is 4.22. The Morgan fingerprint density at radius 2 is 1.95 bits per heavy atom. The Bertz CT molecular complexity index is 703. The fourth-order valence-corrected chi connectivity index (χ4v) is 3.49. The Hall–Kier alpha value is -1.82. The molecule has 4 rings (SSSR count). The smallest absolute Gasteiger partial charge is 0.195 e. The summed E-state index contributed by atoms with van der Waals surface area (Å²) in [6, 6.07) is 8.16. The minimum absolute atomic E-state index is 0.214. The van der Waals surface area contributed by atoms with Gasteiger partial charge in [0.1, 0.15) is 6.61 Å². The van der Waals surface area contributed by atoms with Crippen LogP contribution in [0.3, 0.4) is 0 Å². The largest absolute Gasteiger partial charge is 0.485 e. The minimum atomic E-state index is -0.214. The van der Waals surface area contributed by atoms with Crippen LogP contribution in [-0.4, -0.2) is 21.4 Å². The van der Waals surface area contributed by atoms with E-state index in [9.17, 15) is 0 Å². The van der Waals surface area contributed by atoms with Gasteiger partial charge in [0.2, 0.25) is 0 Å². The Morgan fingerprint density at radius 1 is 1.19 bits per heavy atom.